The van der Waals surface area contributed by atoms with Crippen LogP contribution in [0.1, 0.15) is 19.4 Å². The van der Waals surface area contributed by atoms with Crippen molar-refractivity contribution in [3.63, 3.8) is 0 Å². The topological polar surface area (TPSA) is 16.1 Å². The van der Waals surface area contributed by atoms with E-state index in [1.54, 1.807) is 0 Å². The molecule has 0 aliphatic carbocycles. The first kappa shape index (κ1) is 9.78. The third-order valence-corrected chi connectivity index (χ3v) is 2.89. The molecule has 1 saturated heterocycles. The first-order valence-electron chi connectivity index (χ1n) is 4.86. The minimum atomic E-state index is 0.451. The van der Waals surface area contributed by atoms with E-state index in [0.717, 1.165) is 18.7 Å². The van der Waals surface area contributed by atoms with E-state index >= 15 is 0 Å². The summed E-state index contributed by atoms with van der Waals surface area (Å²) < 4.78 is 0. The normalized spacial score (nSPS) is 19.2. The van der Waals surface area contributed by atoms with Gasteiger partial charge in [-0.25, -0.2) is 0 Å². The Balaban J connectivity index is 2.18. The van der Waals surface area contributed by atoms with Crippen molar-refractivity contribution in [1.82, 2.24) is 4.98 Å². The molecular formula is C11H15ClN2. The Morgan fingerprint density at radius 1 is 1.50 bits per heavy atom. The standard InChI is InChI=1S/C11H15ClN2/c1-11(2)7-14(8-11)10-3-4-13-6-9(10)5-12/h3-4,6H,5,7-8H2,1-2H3. The van der Waals surface area contributed by atoms with Crippen LogP contribution in [0.5, 0.6) is 0 Å². The van der Waals surface area contributed by atoms with E-state index in [2.05, 4.69) is 23.7 Å². The van der Waals surface area contributed by atoms with E-state index < -0.39 is 0 Å². The molecule has 0 spiro atoms. The van der Waals surface area contributed by atoms with Crippen LogP contribution in [0.25, 0.3) is 0 Å². The maximum Gasteiger partial charge on any atom is 0.0509 e. The minimum Gasteiger partial charge on any atom is -0.370 e. The van der Waals surface area contributed by atoms with Crippen molar-refractivity contribution in [3.8, 4) is 0 Å². The predicted octanol–water partition coefficient (Wildman–Crippen LogP) is 2.67. The highest BCUT2D eigenvalue weighted by molar-refractivity contribution is 6.17. The molecule has 1 aliphatic rings. The van der Waals surface area contributed by atoms with Crippen molar-refractivity contribution in [2.45, 2.75) is 19.7 Å². The Kier molecular flexibility index (Phi) is 2.40. The summed E-state index contributed by atoms with van der Waals surface area (Å²) in [6.45, 7) is 6.79. The third kappa shape index (κ3) is 1.71. The Morgan fingerprint density at radius 3 is 2.79 bits per heavy atom. The van der Waals surface area contributed by atoms with Gasteiger partial charge in [0.15, 0.2) is 0 Å². The van der Waals surface area contributed by atoms with Crippen LogP contribution in [0.3, 0.4) is 0 Å². The van der Waals surface area contributed by atoms with E-state index in [4.69, 9.17) is 11.6 Å². The van der Waals surface area contributed by atoms with Crippen LogP contribution in [0, 0.1) is 5.41 Å². The van der Waals surface area contributed by atoms with Gasteiger partial charge in [-0.1, -0.05) is 13.8 Å². The average Bonchev–Trinajstić information content (AvgIpc) is 2.14. The number of anilines is 1. The number of aromatic nitrogens is 1. The van der Waals surface area contributed by atoms with E-state index in [0.29, 0.717) is 11.3 Å². The maximum absolute atomic E-state index is 5.86. The second-order valence-corrected chi connectivity index (χ2v) is 4.93. The molecule has 3 heteroatoms. The molecule has 2 heterocycles. The number of rotatable bonds is 2. The van der Waals surface area contributed by atoms with E-state index in [-0.39, 0.29) is 0 Å². The van der Waals surface area contributed by atoms with Crippen LogP contribution in [-0.2, 0) is 5.88 Å². The zero-order valence-electron chi connectivity index (χ0n) is 8.63. The molecule has 0 radical (unpaired) electrons. The number of nitrogens with zero attached hydrogens (tertiary/aromatic N) is 2. The van der Waals surface area contributed by atoms with Crippen LogP contribution in [0.4, 0.5) is 5.69 Å². The van der Waals surface area contributed by atoms with Gasteiger partial charge in [-0.15, -0.1) is 11.6 Å². The number of hydrogen-bond donors (Lipinski definition) is 0. The zero-order valence-corrected chi connectivity index (χ0v) is 9.38. The van der Waals surface area contributed by atoms with Crippen molar-refractivity contribution < 1.29 is 0 Å². The maximum atomic E-state index is 5.86. The summed E-state index contributed by atoms with van der Waals surface area (Å²) in [6.07, 6.45) is 3.68. The summed E-state index contributed by atoms with van der Waals surface area (Å²) in [5.41, 5.74) is 2.83. The molecule has 1 fully saturated rings. The van der Waals surface area contributed by atoms with Crippen LogP contribution < -0.4 is 4.90 Å². The SMILES string of the molecule is CC1(C)CN(c2ccncc2CCl)C1. The van der Waals surface area contributed by atoms with Gasteiger partial charge in [0, 0.05) is 36.7 Å². The van der Waals surface area contributed by atoms with Crippen molar-refractivity contribution in [2.24, 2.45) is 5.41 Å². The summed E-state index contributed by atoms with van der Waals surface area (Å²) in [4.78, 5) is 6.44. The fraction of sp³-hybridized carbons (Fsp3) is 0.545. The molecule has 14 heavy (non-hydrogen) atoms. The van der Waals surface area contributed by atoms with Gasteiger partial charge in [-0.2, -0.15) is 0 Å². The van der Waals surface area contributed by atoms with E-state index in [9.17, 15) is 0 Å². The molecule has 76 valence electrons. The van der Waals surface area contributed by atoms with Crippen molar-refractivity contribution in [2.75, 3.05) is 18.0 Å². The van der Waals surface area contributed by atoms with Gasteiger partial charge >= 0.3 is 0 Å². The highest BCUT2D eigenvalue weighted by Crippen LogP contribution is 2.35. The molecular weight excluding hydrogens is 196 g/mol. The summed E-state index contributed by atoms with van der Waals surface area (Å²) >= 11 is 5.86. The largest absolute Gasteiger partial charge is 0.370 e. The quantitative estimate of drug-likeness (QED) is 0.698. The fourth-order valence-corrected chi connectivity index (χ4v) is 2.19. The van der Waals surface area contributed by atoms with Gasteiger partial charge in [0.25, 0.3) is 0 Å². The second kappa shape index (κ2) is 3.43. The monoisotopic (exact) mass is 210 g/mol. The summed E-state index contributed by atoms with van der Waals surface area (Å²) in [5, 5.41) is 0. The van der Waals surface area contributed by atoms with Crippen molar-refractivity contribution in [1.29, 1.82) is 0 Å². The van der Waals surface area contributed by atoms with Gasteiger partial charge in [0.05, 0.1) is 5.88 Å². The Hall–Kier alpha value is -0.760. The van der Waals surface area contributed by atoms with Crippen LogP contribution >= 0.6 is 11.6 Å². The Bertz CT molecular complexity index is 328. The third-order valence-electron chi connectivity index (χ3n) is 2.60. The fourth-order valence-electron chi connectivity index (χ4n) is 1.99. The number of alkyl halides is 1. The molecule has 0 N–H and O–H groups in total. The lowest BCUT2D eigenvalue weighted by Crippen LogP contribution is -2.53. The molecule has 0 amide bonds. The Morgan fingerprint density at radius 2 is 2.21 bits per heavy atom. The van der Waals surface area contributed by atoms with Crippen LogP contribution in [0.15, 0.2) is 18.5 Å². The first-order chi connectivity index (χ1) is 6.62. The number of pyridine rings is 1. The highest BCUT2D eigenvalue weighted by atomic mass is 35.5. The molecule has 1 aliphatic heterocycles. The molecule has 0 aromatic carbocycles. The highest BCUT2D eigenvalue weighted by Gasteiger charge is 2.34. The molecule has 2 rings (SSSR count). The molecule has 1 aromatic rings. The van der Waals surface area contributed by atoms with Crippen LogP contribution in [0.2, 0.25) is 0 Å². The molecule has 0 atom stereocenters. The van der Waals surface area contributed by atoms with Crippen LogP contribution in [-0.4, -0.2) is 18.1 Å². The second-order valence-electron chi connectivity index (χ2n) is 4.66. The van der Waals surface area contributed by atoms with Crippen molar-refractivity contribution in [3.05, 3.63) is 24.0 Å². The van der Waals surface area contributed by atoms with Gasteiger partial charge < -0.3 is 4.90 Å². The van der Waals surface area contributed by atoms with Crippen molar-refractivity contribution >= 4 is 17.3 Å². The summed E-state index contributed by atoms with van der Waals surface area (Å²) in [6, 6.07) is 2.05. The predicted molar refractivity (Wildman–Crippen MR) is 59.8 cm³/mol. The number of hydrogen-bond acceptors (Lipinski definition) is 2. The zero-order chi connectivity index (χ0) is 10.2. The average molecular weight is 211 g/mol. The van der Waals surface area contributed by atoms with Gasteiger partial charge in [0.2, 0.25) is 0 Å². The molecule has 0 bridgehead atoms. The number of halogens is 1. The lowest BCUT2D eigenvalue weighted by molar-refractivity contribution is 0.276. The lowest BCUT2D eigenvalue weighted by atomic mass is 9.84. The Labute approximate surface area is 89.9 Å². The molecule has 0 saturated carbocycles. The smallest absolute Gasteiger partial charge is 0.0509 e. The first-order valence-corrected chi connectivity index (χ1v) is 5.40. The molecule has 0 unspecified atom stereocenters. The van der Waals surface area contributed by atoms with Gasteiger partial charge in [0.1, 0.15) is 0 Å². The summed E-state index contributed by atoms with van der Waals surface area (Å²) in [7, 11) is 0. The van der Waals surface area contributed by atoms with E-state index in [1.807, 2.05) is 18.5 Å². The van der Waals surface area contributed by atoms with Gasteiger partial charge in [-0.3, -0.25) is 4.98 Å². The lowest BCUT2D eigenvalue weighted by Gasteiger charge is -2.47. The van der Waals surface area contributed by atoms with E-state index in [1.165, 1.54) is 5.69 Å². The summed E-state index contributed by atoms with van der Waals surface area (Å²) in [5.74, 6) is 0.542. The minimum absolute atomic E-state index is 0.451. The molecule has 1 aromatic heterocycles. The van der Waals surface area contributed by atoms with Gasteiger partial charge in [-0.05, 0) is 11.5 Å². The molecule has 2 nitrogen and oxygen atoms in total.